The molecule has 0 aliphatic carbocycles. The van der Waals surface area contributed by atoms with E-state index >= 15 is 0 Å². The maximum atomic E-state index is 12.2. The predicted octanol–water partition coefficient (Wildman–Crippen LogP) is 1.76. The second kappa shape index (κ2) is 6.02. The van der Waals surface area contributed by atoms with E-state index in [4.69, 9.17) is 11.6 Å². The average molecular weight is 289 g/mol. The molecule has 0 bridgehead atoms. The molecule has 1 unspecified atom stereocenters. The van der Waals surface area contributed by atoms with Crippen molar-refractivity contribution in [3.8, 4) is 0 Å². The van der Waals surface area contributed by atoms with Gasteiger partial charge in [0.2, 0.25) is 10.0 Å². The van der Waals surface area contributed by atoms with Crippen molar-refractivity contribution in [2.45, 2.75) is 30.2 Å². The summed E-state index contributed by atoms with van der Waals surface area (Å²) in [5, 5.41) is 3.48. The van der Waals surface area contributed by atoms with Crippen molar-refractivity contribution in [3.63, 3.8) is 0 Å². The zero-order valence-electron chi connectivity index (χ0n) is 10.0. The van der Waals surface area contributed by atoms with E-state index in [1.54, 1.807) is 18.2 Å². The summed E-state index contributed by atoms with van der Waals surface area (Å²) in [5.41, 5.74) is 0. The second-order valence-electron chi connectivity index (χ2n) is 4.45. The quantitative estimate of drug-likeness (QED) is 0.891. The first-order chi connectivity index (χ1) is 8.59. The summed E-state index contributed by atoms with van der Waals surface area (Å²) < 4.78 is 27.1. The van der Waals surface area contributed by atoms with Gasteiger partial charge >= 0.3 is 0 Å². The number of halogens is 1. The van der Waals surface area contributed by atoms with E-state index in [1.807, 2.05) is 0 Å². The Bertz CT molecular complexity index is 497. The van der Waals surface area contributed by atoms with E-state index in [2.05, 4.69) is 10.0 Å². The van der Waals surface area contributed by atoms with Crippen LogP contribution in [0.15, 0.2) is 29.2 Å². The number of rotatable bonds is 3. The smallest absolute Gasteiger partial charge is 0.242 e. The Morgan fingerprint density at radius 2 is 2.06 bits per heavy atom. The lowest BCUT2D eigenvalue weighted by Gasteiger charge is -2.17. The summed E-state index contributed by atoms with van der Waals surface area (Å²) >= 11 is 5.92. The minimum atomic E-state index is -3.53. The van der Waals surface area contributed by atoms with Gasteiger partial charge in [-0.1, -0.05) is 30.2 Å². The van der Waals surface area contributed by atoms with Gasteiger partial charge in [0.1, 0.15) is 4.90 Å². The molecule has 1 aromatic rings. The van der Waals surface area contributed by atoms with Crippen LogP contribution < -0.4 is 10.0 Å². The number of benzene rings is 1. The van der Waals surface area contributed by atoms with Crippen molar-refractivity contribution in [1.82, 2.24) is 10.0 Å². The van der Waals surface area contributed by atoms with Gasteiger partial charge in [-0.25, -0.2) is 13.1 Å². The van der Waals surface area contributed by atoms with Gasteiger partial charge in [-0.05, 0) is 31.5 Å². The summed E-state index contributed by atoms with van der Waals surface area (Å²) in [5.74, 6) is 0. The average Bonchev–Trinajstić information content (AvgIpc) is 2.57. The van der Waals surface area contributed by atoms with Crippen LogP contribution in [0, 0.1) is 0 Å². The van der Waals surface area contributed by atoms with Crippen LogP contribution in [0.5, 0.6) is 0 Å². The zero-order chi connectivity index (χ0) is 13.0. The Balaban J connectivity index is 2.14. The number of hydrogen-bond acceptors (Lipinski definition) is 3. The SMILES string of the molecule is O=S(=O)(NC1CCCCNC1)c1ccccc1Cl. The van der Waals surface area contributed by atoms with Gasteiger partial charge in [-0.3, -0.25) is 0 Å². The molecule has 6 heteroatoms. The molecule has 1 aromatic carbocycles. The molecule has 0 amide bonds. The molecule has 1 aliphatic rings. The molecule has 0 saturated carbocycles. The lowest BCUT2D eigenvalue weighted by atomic mass is 10.2. The molecule has 0 aromatic heterocycles. The van der Waals surface area contributed by atoms with Crippen LogP contribution in [0.4, 0.5) is 0 Å². The largest absolute Gasteiger partial charge is 0.315 e. The zero-order valence-corrected chi connectivity index (χ0v) is 11.6. The maximum absolute atomic E-state index is 12.2. The van der Waals surface area contributed by atoms with E-state index in [-0.39, 0.29) is 16.0 Å². The van der Waals surface area contributed by atoms with Crippen molar-refractivity contribution in [1.29, 1.82) is 0 Å². The molecule has 0 radical (unpaired) electrons. The third-order valence-electron chi connectivity index (χ3n) is 2.99. The Hall–Kier alpha value is -0.620. The van der Waals surface area contributed by atoms with Crippen molar-refractivity contribution >= 4 is 21.6 Å². The number of nitrogens with one attached hydrogen (secondary N) is 2. The van der Waals surface area contributed by atoms with Gasteiger partial charge in [0.15, 0.2) is 0 Å². The highest BCUT2D eigenvalue weighted by atomic mass is 35.5. The lowest BCUT2D eigenvalue weighted by molar-refractivity contribution is 0.521. The minimum Gasteiger partial charge on any atom is -0.315 e. The van der Waals surface area contributed by atoms with Crippen LogP contribution in [-0.2, 0) is 10.0 Å². The van der Waals surface area contributed by atoms with Crippen LogP contribution in [0.3, 0.4) is 0 Å². The molecule has 1 saturated heterocycles. The van der Waals surface area contributed by atoms with E-state index in [0.29, 0.717) is 6.54 Å². The van der Waals surface area contributed by atoms with Gasteiger partial charge in [-0.15, -0.1) is 0 Å². The molecule has 2 N–H and O–H groups in total. The molecular formula is C12H17ClN2O2S. The fourth-order valence-corrected chi connectivity index (χ4v) is 3.86. The first kappa shape index (κ1) is 13.8. The highest BCUT2D eigenvalue weighted by Gasteiger charge is 2.22. The molecule has 1 heterocycles. The molecule has 1 atom stereocenters. The van der Waals surface area contributed by atoms with Gasteiger partial charge < -0.3 is 5.32 Å². The highest BCUT2D eigenvalue weighted by Crippen LogP contribution is 2.21. The monoisotopic (exact) mass is 288 g/mol. The van der Waals surface area contributed by atoms with Crippen LogP contribution in [-0.4, -0.2) is 27.5 Å². The standard InChI is InChI=1S/C12H17ClN2O2S/c13-11-6-1-2-7-12(11)18(16,17)15-10-5-3-4-8-14-9-10/h1-2,6-7,10,14-15H,3-5,8-9H2. The topological polar surface area (TPSA) is 58.2 Å². The maximum Gasteiger partial charge on any atom is 0.242 e. The third-order valence-corrected chi connectivity index (χ3v) is 5.02. The molecule has 1 fully saturated rings. The van der Waals surface area contributed by atoms with E-state index < -0.39 is 10.0 Å². The van der Waals surface area contributed by atoms with Gasteiger partial charge in [0, 0.05) is 12.6 Å². The molecule has 1 aliphatic heterocycles. The predicted molar refractivity (Wildman–Crippen MR) is 72.3 cm³/mol. The van der Waals surface area contributed by atoms with Gasteiger partial charge in [0.25, 0.3) is 0 Å². The Morgan fingerprint density at radius 3 is 2.83 bits per heavy atom. The lowest BCUT2D eigenvalue weighted by Crippen LogP contribution is -2.40. The van der Waals surface area contributed by atoms with Crippen LogP contribution >= 0.6 is 11.6 Å². The molecule has 100 valence electrons. The molecule has 0 spiro atoms. The van der Waals surface area contributed by atoms with E-state index in [0.717, 1.165) is 25.8 Å². The Kier molecular flexibility index (Phi) is 4.61. The van der Waals surface area contributed by atoms with Crippen LogP contribution in [0.25, 0.3) is 0 Å². The van der Waals surface area contributed by atoms with E-state index in [1.165, 1.54) is 6.07 Å². The Morgan fingerprint density at radius 1 is 1.28 bits per heavy atom. The first-order valence-corrected chi connectivity index (χ1v) is 7.93. The molecule has 18 heavy (non-hydrogen) atoms. The fraction of sp³-hybridized carbons (Fsp3) is 0.500. The van der Waals surface area contributed by atoms with Crippen LogP contribution in [0.1, 0.15) is 19.3 Å². The summed E-state index contributed by atoms with van der Waals surface area (Å²) in [4.78, 5) is 0.149. The summed E-state index contributed by atoms with van der Waals surface area (Å²) in [6.45, 7) is 1.62. The summed E-state index contributed by atoms with van der Waals surface area (Å²) in [6.07, 6.45) is 2.98. The highest BCUT2D eigenvalue weighted by molar-refractivity contribution is 7.89. The van der Waals surface area contributed by atoms with Gasteiger partial charge in [0.05, 0.1) is 5.02 Å². The number of sulfonamides is 1. The second-order valence-corrected chi connectivity index (χ2v) is 6.54. The van der Waals surface area contributed by atoms with Crippen molar-refractivity contribution < 1.29 is 8.42 Å². The normalized spacial score (nSPS) is 21.5. The van der Waals surface area contributed by atoms with Crippen molar-refractivity contribution in [2.75, 3.05) is 13.1 Å². The molecule has 4 nitrogen and oxygen atoms in total. The van der Waals surface area contributed by atoms with Gasteiger partial charge in [-0.2, -0.15) is 0 Å². The van der Waals surface area contributed by atoms with Crippen molar-refractivity contribution in [3.05, 3.63) is 29.3 Å². The fourth-order valence-electron chi connectivity index (χ4n) is 2.07. The summed E-state index contributed by atoms with van der Waals surface area (Å²) in [6, 6.07) is 6.44. The first-order valence-electron chi connectivity index (χ1n) is 6.07. The molecule has 2 rings (SSSR count). The molecular weight excluding hydrogens is 272 g/mol. The third kappa shape index (κ3) is 3.45. The Labute approximate surface area is 113 Å². The van der Waals surface area contributed by atoms with Crippen molar-refractivity contribution in [2.24, 2.45) is 0 Å². The number of hydrogen-bond donors (Lipinski definition) is 2. The van der Waals surface area contributed by atoms with E-state index in [9.17, 15) is 8.42 Å². The summed E-state index contributed by atoms with van der Waals surface area (Å²) in [7, 11) is -3.53. The minimum absolute atomic E-state index is 0.0613. The van der Waals surface area contributed by atoms with Crippen LogP contribution in [0.2, 0.25) is 5.02 Å².